The highest BCUT2D eigenvalue weighted by atomic mass is 31.2. The van der Waals surface area contributed by atoms with Crippen molar-refractivity contribution in [3.63, 3.8) is 0 Å². The summed E-state index contributed by atoms with van der Waals surface area (Å²) in [7, 11) is -2.22. The minimum Gasteiger partial charge on any atom is -0.396 e. The fourth-order valence-electron chi connectivity index (χ4n) is 0.211. The zero-order valence-electron chi connectivity index (χ0n) is 4.32. The average molecular weight is 156 g/mol. The van der Waals surface area contributed by atoms with Crippen LogP contribution in [0.15, 0.2) is 0 Å². The molecule has 0 heterocycles. The molecule has 0 spiro atoms. The highest BCUT2D eigenvalue weighted by molar-refractivity contribution is 7.39. The van der Waals surface area contributed by atoms with Crippen molar-refractivity contribution in [1.82, 2.24) is 0 Å². The maximum Gasteiger partial charge on any atom is 0.327 e. The molecule has 58 valence electrons. The molecule has 0 aliphatic heterocycles. The van der Waals surface area contributed by atoms with Crippen molar-refractivity contribution >= 4 is 8.60 Å². The van der Waals surface area contributed by atoms with E-state index in [2.05, 4.69) is 4.52 Å². The quantitative estimate of drug-likeness (QED) is 0.402. The number of rotatable bonds is 4. The summed E-state index contributed by atoms with van der Waals surface area (Å²) in [5.74, 6) is 0. The van der Waals surface area contributed by atoms with E-state index >= 15 is 0 Å². The molecular formula is C4H13O4P. The van der Waals surface area contributed by atoms with E-state index in [-0.39, 0.29) is 20.6 Å². The van der Waals surface area contributed by atoms with E-state index in [1.165, 1.54) is 0 Å². The van der Waals surface area contributed by atoms with E-state index < -0.39 is 8.60 Å². The van der Waals surface area contributed by atoms with Crippen LogP contribution in [-0.4, -0.2) is 28.1 Å². The number of hydrogen-bond acceptors (Lipinski definition) is 4. The Morgan fingerprint density at radius 1 is 1.33 bits per heavy atom. The van der Waals surface area contributed by atoms with Crippen molar-refractivity contribution in [2.75, 3.05) is 13.2 Å². The van der Waals surface area contributed by atoms with Gasteiger partial charge >= 0.3 is 8.60 Å². The van der Waals surface area contributed by atoms with Gasteiger partial charge in [-0.25, -0.2) is 0 Å². The van der Waals surface area contributed by atoms with E-state index in [4.69, 9.17) is 14.9 Å². The molecule has 0 aromatic rings. The molecule has 9 heavy (non-hydrogen) atoms. The van der Waals surface area contributed by atoms with Gasteiger partial charge in [-0.3, -0.25) is 0 Å². The zero-order valence-corrected chi connectivity index (χ0v) is 5.21. The largest absolute Gasteiger partial charge is 0.396 e. The molecule has 0 atom stereocenters. The Hall–Kier alpha value is 0.270. The second-order valence-electron chi connectivity index (χ2n) is 1.16. The second-order valence-corrected chi connectivity index (χ2v) is 1.93. The number of aliphatic hydroxyl groups excluding tert-OH is 1. The third-order valence-electron chi connectivity index (χ3n) is 0.509. The SMILES string of the molecule is C.OCCCOP(O)O. The zero-order chi connectivity index (χ0) is 6.41. The van der Waals surface area contributed by atoms with Gasteiger partial charge < -0.3 is 19.4 Å². The van der Waals surface area contributed by atoms with Crippen LogP contribution in [0.3, 0.4) is 0 Å². The lowest BCUT2D eigenvalue weighted by molar-refractivity contribution is 0.212. The predicted molar refractivity (Wildman–Crippen MR) is 35.7 cm³/mol. The van der Waals surface area contributed by atoms with Crippen LogP contribution in [0.4, 0.5) is 0 Å². The van der Waals surface area contributed by atoms with Gasteiger partial charge in [-0.1, -0.05) is 7.43 Å². The van der Waals surface area contributed by atoms with Crippen LogP contribution >= 0.6 is 8.60 Å². The van der Waals surface area contributed by atoms with Crippen LogP contribution in [-0.2, 0) is 4.52 Å². The Bertz CT molecular complexity index is 49.8. The summed E-state index contributed by atoms with van der Waals surface area (Å²) in [6.07, 6.45) is 0.444. The molecule has 0 aromatic carbocycles. The van der Waals surface area contributed by atoms with Gasteiger partial charge in [0.25, 0.3) is 0 Å². The van der Waals surface area contributed by atoms with Crippen LogP contribution in [0.2, 0.25) is 0 Å². The predicted octanol–water partition coefficient (Wildman–Crippen LogP) is 0.233. The van der Waals surface area contributed by atoms with Crippen molar-refractivity contribution in [3.05, 3.63) is 0 Å². The van der Waals surface area contributed by atoms with Gasteiger partial charge in [0.2, 0.25) is 0 Å². The van der Waals surface area contributed by atoms with Crippen molar-refractivity contribution in [1.29, 1.82) is 0 Å². The Morgan fingerprint density at radius 3 is 2.22 bits per heavy atom. The van der Waals surface area contributed by atoms with Crippen molar-refractivity contribution in [3.8, 4) is 0 Å². The van der Waals surface area contributed by atoms with Gasteiger partial charge in [-0.2, -0.15) is 0 Å². The molecular weight excluding hydrogens is 143 g/mol. The first-order valence-electron chi connectivity index (χ1n) is 2.19. The lowest BCUT2D eigenvalue weighted by Gasteiger charge is -1.99. The minimum absolute atomic E-state index is 0. The summed E-state index contributed by atoms with van der Waals surface area (Å²) >= 11 is 0. The van der Waals surface area contributed by atoms with Crippen molar-refractivity contribution in [2.45, 2.75) is 13.8 Å². The van der Waals surface area contributed by atoms with E-state index in [0.29, 0.717) is 6.42 Å². The molecule has 0 aliphatic rings. The van der Waals surface area contributed by atoms with Gasteiger partial charge in [0.15, 0.2) is 0 Å². The van der Waals surface area contributed by atoms with E-state index in [9.17, 15) is 0 Å². The van der Waals surface area contributed by atoms with Gasteiger partial charge in [0.05, 0.1) is 6.61 Å². The molecule has 0 amide bonds. The minimum atomic E-state index is -2.22. The average Bonchev–Trinajstić information content (AvgIpc) is 1.66. The molecule has 0 saturated heterocycles. The highest BCUT2D eigenvalue weighted by Gasteiger charge is 1.95. The number of hydrogen-bond donors (Lipinski definition) is 3. The monoisotopic (exact) mass is 156 g/mol. The third kappa shape index (κ3) is 11.7. The fourth-order valence-corrected chi connectivity index (χ4v) is 0.503. The van der Waals surface area contributed by atoms with Crippen LogP contribution < -0.4 is 0 Å². The van der Waals surface area contributed by atoms with Crippen LogP contribution in [0, 0.1) is 0 Å². The lowest BCUT2D eigenvalue weighted by Crippen LogP contribution is -1.91. The van der Waals surface area contributed by atoms with E-state index in [0.717, 1.165) is 0 Å². The molecule has 3 N–H and O–H groups in total. The maximum absolute atomic E-state index is 8.14. The lowest BCUT2D eigenvalue weighted by atomic mass is 10.5. The Morgan fingerprint density at radius 2 is 1.89 bits per heavy atom. The molecule has 0 rings (SSSR count). The summed E-state index contributed by atoms with van der Waals surface area (Å²) in [6.45, 7) is 0.221. The highest BCUT2D eigenvalue weighted by Crippen LogP contribution is 2.23. The first-order valence-corrected chi connectivity index (χ1v) is 3.35. The summed E-state index contributed by atoms with van der Waals surface area (Å²) in [5.41, 5.74) is 0. The van der Waals surface area contributed by atoms with Crippen molar-refractivity contribution < 1.29 is 19.4 Å². The molecule has 5 heteroatoms. The summed E-state index contributed by atoms with van der Waals surface area (Å²) < 4.78 is 4.30. The van der Waals surface area contributed by atoms with E-state index in [1.54, 1.807) is 0 Å². The normalized spacial score (nSPS) is 9.33. The molecule has 0 bridgehead atoms. The second kappa shape index (κ2) is 8.27. The van der Waals surface area contributed by atoms with Crippen LogP contribution in [0.5, 0.6) is 0 Å². The van der Waals surface area contributed by atoms with Gasteiger partial charge in [0, 0.05) is 6.61 Å². The fraction of sp³-hybridized carbons (Fsp3) is 1.00. The van der Waals surface area contributed by atoms with Crippen LogP contribution in [0.1, 0.15) is 13.8 Å². The summed E-state index contributed by atoms with van der Waals surface area (Å²) in [4.78, 5) is 16.2. The molecule has 4 nitrogen and oxygen atoms in total. The Kier molecular flexibility index (Phi) is 11.0. The molecule has 0 fully saturated rings. The topological polar surface area (TPSA) is 69.9 Å². The molecule has 0 aromatic heterocycles. The summed E-state index contributed by atoms with van der Waals surface area (Å²) in [5, 5.41) is 8.14. The van der Waals surface area contributed by atoms with Gasteiger partial charge in [0.1, 0.15) is 0 Å². The molecule has 0 saturated carbocycles. The first-order chi connectivity index (χ1) is 3.77. The van der Waals surface area contributed by atoms with Gasteiger partial charge in [-0.15, -0.1) is 0 Å². The maximum atomic E-state index is 8.14. The van der Waals surface area contributed by atoms with E-state index in [1.807, 2.05) is 0 Å². The van der Waals surface area contributed by atoms with Crippen LogP contribution in [0.25, 0.3) is 0 Å². The molecule has 0 unspecified atom stereocenters. The number of aliphatic hydroxyl groups is 1. The molecule has 0 radical (unpaired) electrons. The van der Waals surface area contributed by atoms with Crippen molar-refractivity contribution in [2.24, 2.45) is 0 Å². The first kappa shape index (κ1) is 12.0. The standard InChI is InChI=1S/C3H9O4P.CH4/c4-2-1-3-7-8(5)6;/h4-6H,1-3H2;1H4. The third-order valence-corrected chi connectivity index (χ3v) is 0.923. The summed E-state index contributed by atoms with van der Waals surface area (Å²) in [6, 6.07) is 0. The molecule has 0 aliphatic carbocycles. The smallest absolute Gasteiger partial charge is 0.327 e. The Balaban J connectivity index is 0. The van der Waals surface area contributed by atoms with Gasteiger partial charge in [-0.05, 0) is 6.42 Å². The Labute approximate surface area is 56.1 Å².